The fourth-order valence-corrected chi connectivity index (χ4v) is 3.07. The van der Waals surface area contributed by atoms with Gasteiger partial charge in [-0.1, -0.05) is 19.3 Å². The first-order valence-corrected chi connectivity index (χ1v) is 6.66. The minimum Gasteiger partial charge on any atom is -0.312 e. The van der Waals surface area contributed by atoms with Crippen LogP contribution in [0.3, 0.4) is 0 Å². The van der Waals surface area contributed by atoms with Crippen LogP contribution in [-0.2, 0) is 13.0 Å². The summed E-state index contributed by atoms with van der Waals surface area (Å²) in [6.45, 7) is 1.78. The number of nitrogens with zero attached hydrogens (tertiary/aromatic N) is 2. The lowest BCUT2D eigenvalue weighted by Gasteiger charge is -2.23. The number of hydrogen-bond acceptors (Lipinski definition) is 3. The fraction of sp³-hybridized carbons (Fsp3) is 0.692. The van der Waals surface area contributed by atoms with E-state index in [2.05, 4.69) is 5.32 Å². The summed E-state index contributed by atoms with van der Waals surface area (Å²) in [5, 5.41) is 8.01. The highest BCUT2D eigenvalue weighted by molar-refractivity contribution is 5.75. The van der Waals surface area contributed by atoms with Gasteiger partial charge in [-0.05, 0) is 12.8 Å². The summed E-state index contributed by atoms with van der Waals surface area (Å²) in [5.74, 6) is 0. The maximum Gasteiger partial charge on any atom is 0.168 e. The lowest BCUT2D eigenvalue weighted by molar-refractivity contribution is 0.110. The third-order valence-corrected chi connectivity index (χ3v) is 4.01. The first-order valence-electron chi connectivity index (χ1n) is 6.66. The van der Waals surface area contributed by atoms with E-state index in [0.29, 0.717) is 6.04 Å². The van der Waals surface area contributed by atoms with Crippen LogP contribution in [-0.4, -0.2) is 22.6 Å². The van der Waals surface area contributed by atoms with Gasteiger partial charge in [-0.3, -0.25) is 9.48 Å². The predicted molar refractivity (Wildman–Crippen MR) is 65.1 cm³/mol. The predicted octanol–water partition coefficient (Wildman–Crippen LogP) is 1.85. The Labute approximate surface area is 101 Å². The van der Waals surface area contributed by atoms with E-state index in [4.69, 9.17) is 5.10 Å². The van der Waals surface area contributed by atoms with Gasteiger partial charge in [-0.15, -0.1) is 0 Å². The number of hydrogen-bond donors (Lipinski definition) is 1. The van der Waals surface area contributed by atoms with Crippen LogP contribution in [0.5, 0.6) is 0 Å². The zero-order chi connectivity index (χ0) is 11.7. The van der Waals surface area contributed by atoms with E-state index in [1.165, 1.54) is 32.1 Å². The molecule has 0 spiro atoms. The van der Waals surface area contributed by atoms with E-state index < -0.39 is 0 Å². The van der Waals surface area contributed by atoms with E-state index in [9.17, 15) is 4.79 Å². The third-order valence-electron chi connectivity index (χ3n) is 4.01. The second kappa shape index (κ2) is 4.61. The van der Waals surface area contributed by atoms with Gasteiger partial charge in [0.1, 0.15) is 5.69 Å². The summed E-state index contributed by atoms with van der Waals surface area (Å²) in [6.07, 6.45) is 8.17. The molecule has 1 aliphatic heterocycles. The zero-order valence-corrected chi connectivity index (χ0v) is 10.1. The van der Waals surface area contributed by atoms with Crippen LogP contribution >= 0.6 is 0 Å². The van der Waals surface area contributed by atoms with Crippen LogP contribution in [0.15, 0.2) is 0 Å². The highest BCUT2D eigenvalue weighted by Gasteiger charge is 2.25. The molecule has 4 heteroatoms. The standard InChI is InChI=1S/C13H19N3O/c17-9-13-11-8-14-7-6-12(11)15-16(13)10-4-2-1-3-5-10/h9-10,14H,1-8H2. The van der Waals surface area contributed by atoms with Crippen LogP contribution in [0.25, 0.3) is 0 Å². The number of fused-ring (bicyclic) bond motifs is 1. The topological polar surface area (TPSA) is 46.9 Å². The van der Waals surface area contributed by atoms with Crippen molar-refractivity contribution in [2.24, 2.45) is 0 Å². The number of carbonyl (C=O) groups excluding carboxylic acids is 1. The lowest BCUT2D eigenvalue weighted by Crippen LogP contribution is -2.23. The number of aldehydes is 1. The number of rotatable bonds is 2. The van der Waals surface area contributed by atoms with Gasteiger partial charge in [0.05, 0.1) is 11.7 Å². The van der Waals surface area contributed by atoms with Gasteiger partial charge in [0.15, 0.2) is 6.29 Å². The molecule has 0 atom stereocenters. The second-order valence-electron chi connectivity index (χ2n) is 5.09. The average Bonchev–Trinajstić information content (AvgIpc) is 2.78. The maximum absolute atomic E-state index is 11.3. The maximum atomic E-state index is 11.3. The molecule has 4 nitrogen and oxygen atoms in total. The van der Waals surface area contributed by atoms with Crippen LogP contribution < -0.4 is 5.32 Å². The summed E-state index contributed by atoms with van der Waals surface area (Å²) in [5.41, 5.74) is 3.09. The second-order valence-corrected chi connectivity index (χ2v) is 5.09. The molecule has 1 saturated carbocycles. The molecule has 1 aromatic rings. The van der Waals surface area contributed by atoms with Crippen molar-refractivity contribution in [2.45, 2.75) is 51.1 Å². The Morgan fingerprint density at radius 3 is 2.88 bits per heavy atom. The van der Waals surface area contributed by atoms with Gasteiger partial charge < -0.3 is 5.32 Å². The minimum atomic E-state index is 0.453. The summed E-state index contributed by atoms with van der Waals surface area (Å²) in [6, 6.07) is 0.453. The van der Waals surface area contributed by atoms with Crippen LogP contribution in [0.4, 0.5) is 0 Å². The molecular weight excluding hydrogens is 214 g/mol. The third kappa shape index (κ3) is 1.90. The molecule has 0 radical (unpaired) electrons. The molecule has 1 fully saturated rings. The molecular formula is C13H19N3O. The molecule has 92 valence electrons. The first-order chi connectivity index (χ1) is 8.40. The molecule has 1 N–H and O–H groups in total. The summed E-state index contributed by atoms with van der Waals surface area (Å²) in [7, 11) is 0. The van der Waals surface area contributed by atoms with Gasteiger partial charge in [0, 0.05) is 25.1 Å². The molecule has 0 bridgehead atoms. The Hall–Kier alpha value is -1.16. The van der Waals surface area contributed by atoms with Crippen LogP contribution in [0, 0.1) is 0 Å². The molecule has 0 unspecified atom stereocenters. The Morgan fingerprint density at radius 1 is 1.29 bits per heavy atom. The van der Waals surface area contributed by atoms with Crippen molar-refractivity contribution in [3.63, 3.8) is 0 Å². The normalized spacial score (nSPS) is 21.2. The Balaban J connectivity index is 1.97. The summed E-state index contributed by atoms with van der Waals surface area (Å²) < 4.78 is 2.02. The summed E-state index contributed by atoms with van der Waals surface area (Å²) >= 11 is 0. The largest absolute Gasteiger partial charge is 0.312 e. The summed E-state index contributed by atoms with van der Waals surface area (Å²) in [4.78, 5) is 11.3. The van der Waals surface area contributed by atoms with Crippen LogP contribution in [0.2, 0.25) is 0 Å². The van der Waals surface area contributed by atoms with E-state index in [-0.39, 0.29) is 0 Å². The van der Waals surface area contributed by atoms with Crippen LogP contribution in [0.1, 0.15) is 59.9 Å². The van der Waals surface area contributed by atoms with Crippen molar-refractivity contribution in [1.29, 1.82) is 0 Å². The number of nitrogens with one attached hydrogen (secondary N) is 1. The quantitative estimate of drug-likeness (QED) is 0.793. The van der Waals surface area contributed by atoms with E-state index >= 15 is 0 Å². The molecule has 2 aliphatic rings. The highest BCUT2D eigenvalue weighted by Crippen LogP contribution is 2.30. The Bertz CT molecular complexity index is 419. The smallest absolute Gasteiger partial charge is 0.168 e. The van der Waals surface area contributed by atoms with Gasteiger partial charge >= 0.3 is 0 Å². The van der Waals surface area contributed by atoms with Crippen molar-refractivity contribution in [1.82, 2.24) is 15.1 Å². The van der Waals surface area contributed by atoms with Crippen molar-refractivity contribution < 1.29 is 4.79 Å². The average molecular weight is 233 g/mol. The van der Waals surface area contributed by atoms with Gasteiger partial charge in [-0.25, -0.2) is 0 Å². The number of carbonyl (C=O) groups is 1. The Kier molecular flexibility index (Phi) is 2.97. The Morgan fingerprint density at radius 2 is 2.12 bits per heavy atom. The highest BCUT2D eigenvalue weighted by atomic mass is 16.1. The molecule has 3 rings (SSSR count). The molecule has 0 aromatic carbocycles. The minimum absolute atomic E-state index is 0.453. The van der Waals surface area contributed by atoms with Gasteiger partial charge in [-0.2, -0.15) is 5.10 Å². The lowest BCUT2D eigenvalue weighted by atomic mass is 9.95. The van der Waals surface area contributed by atoms with E-state index in [1.807, 2.05) is 4.68 Å². The van der Waals surface area contributed by atoms with Crippen molar-refractivity contribution in [3.8, 4) is 0 Å². The van der Waals surface area contributed by atoms with E-state index in [1.54, 1.807) is 0 Å². The van der Waals surface area contributed by atoms with Gasteiger partial charge in [0.25, 0.3) is 0 Å². The van der Waals surface area contributed by atoms with Crippen molar-refractivity contribution in [2.75, 3.05) is 6.54 Å². The monoisotopic (exact) mass is 233 g/mol. The van der Waals surface area contributed by atoms with E-state index in [0.717, 1.165) is 42.7 Å². The van der Waals surface area contributed by atoms with Crippen molar-refractivity contribution in [3.05, 3.63) is 17.0 Å². The SMILES string of the molecule is O=Cc1c2c(nn1C1CCCCC1)CCNC2. The molecule has 0 saturated heterocycles. The molecule has 2 heterocycles. The first kappa shape index (κ1) is 11.0. The molecule has 0 amide bonds. The zero-order valence-electron chi connectivity index (χ0n) is 10.1. The molecule has 17 heavy (non-hydrogen) atoms. The number of aromatic nitrogens is 2. The van der Waals surface area contributed by atoms with Gasteiger partial charge in [0.2, 0.25) is 0 Å². The van der Waals surface area contributed by atoms with Crippen molar-refractivity contribution >= 4 is 6.29 Å². The molecule has 1 aromatic heterocycles. The molecule has 1 aliphatic carbocycles. The fourth-order valence-electron chi connectivity index (χ4n) is 3.07.